The number of aliphatic imine (C=N–C) groups is 1. The summed E-state index contributed by atoms with van der Waals surface area (Å²) >= 11 is 0. The van der Waals surface area contributed by atoms with Gasteiger partial charge in [0.25, 0.3) is 0 Å². The number of anilines is 1. The Bertz CT molecular complexity index is 1300. The number of aromatic amines is 1. The summed E-state index contributed by atoms with van der Waals surface area (Å²) < 4.78 is 14.8. The molecule has 9 nitrogen and oxygen atoms in total. The van der Waals surface area contributed by atoms with Gasteiger partial charge in [-0.2, -0.15) is 0 Å². The Kier molecular flexibility index (Phi) is 7.36. The van der Waals surface area contributed by atoms with Crippen molar-refractivity contribution in [1.29, 1.82) is 0 Å². The van der Waals surface area contributed by atoms with Crippen LogP contribution in [0.5, 0.6) is 5.88 Å². The quantitative estimate of drug-likeness (QED) is 0.517. The molecule has 3 aliphatic rings. The molecule has 0 atom stereocenters. The van der Waals surface area contributed by atoms with Crippen molar-refractivity contribution in [2.24, 2.45) is 4.99 Å². The van der Waals surface area contributed by atoms with Gasteiger partial charge in [0.1, 0.15) is 23.6 Å². The number of halogens is 1. The third-order valence-corrected chi connectivity index (χ3v) is 7.33. The number of aromatic nitrogens is 3. The van der Waals surface area contributed by atoms with E-state index in [1.807, 2.05) is 4.90 Å². The number of benzene rings is 1. The lowest BCUT2D eigenvalue weighted by Gasteiger charge is -2.35. The number of H-pyrrole nitrogens is 1. The zero-order valence-corrected chi connectivity index (χ0v) is 21.5. The van der Waals surface area contributed by atoms with E-state index in [4.69, 9.17) is 0 Å². The number of fused-ring (bicyclic) bond motifs is 9. The van der Waals surface area contributed by atoms with Crippen LogP contribution in [0.3, 0.4) is 0 Å². The maximum atomic E-state index is 14.8. The largest absolute Gasteiger partial charge is 0.494 e. The van der Waals surface area contributed by atoms with Crippen molar-refractivity contribution in [3.63, 3.8) is 0 Å². The van der Waals surface area contributed by atoms with E-state index < -0.39 is 0 Å². The maximum Gasteiger partial charge on any atom is 0.222 e. The smallest absolute Gasteiger partial charge is 0.222 e. The average molecular weight is 508 g/mol. The molecule has 0 saturated carbocycles. The SMILES string of the molecule is CC(C)N1CCCCCC(=O)N2CCN(CC2)c2ncnc3[nH]c(O)c(c23)C=Nc2ccc(F)c(c2)C1. The molecule has 3 aromatic rings. The van der Waals surface area contributed by atoms with Gasteiger partial charge >= 0.3 is 0 Å². The number of piperazine rings is 1. The van der Waals surface area contributed by atoms with Crippen LogP contribution in [0.4, 0.5) is 15.9 Å². The van der Waals surface area contributed by atoms with Crippen molar-refractivity contribution in [3.05, 3.63) is 41.5 Å². The first-order valence-electron chi connectivity index (χ1n) is 13.1. The highest BCUT2D eigenvalue weighted by molar-refractivity contribution is 6.06. The molecule has 0 spiro atoms. The summed E-state index contributed by atoms with van der Waals surface area (Å²) in [5.74, 6) is 0.566. The second-order valence-corrected chi connectivity index (χ2v) is 10.1. The molecular weight excluding hydrogens is 473 g/mol. The predicted molar refractivity (Wildman–Crippen MR) is 142 cm³/mol. The molecule has 6 rings (SSSR count). The van der Waals surface area contributed by atoms with E-state index in [0.29, 0.717) is 72.8 Å². The second kappa shape index (κ2) is 10.8. The molecule has 10 heteroatoms. The molecule has 37 heavy (non-hydrogen) atoms. The van der Waals surface area contributed by atoms with Crippen molar-refractivity contribution in [2.45, 2.75) is 52.1 Å². The van der Waals surface area contributed by atoms with Gasteiger partial charge in [0.15, 0.2) is 5.88 Å². The van der Waals surface area contributed by atoms with Gasteiger partial charge in [-0.15, -0.1) is 0 Å². The lowest BCUT2D eigenvalue weighted by molar-refractivity contribution is -0.131. The van der Waals surface area contributed by atoms with Crippen molar-refractivity contribution >= 4 is 34.7 Å². The molecule has 1 saturated heterocycles. The van der Waals surface area contributed by atoms with E-state index in [2.05, 4.69) is 43.6 Å². The highest BCUT2D eigenvalue weighted by atomic mass is 19.1. The average Bonchev–Trinajstić information content (AvgIpc) is 3.22. The van der Waals surface area contributed by atoms with E-state index in [1.165, 1.54) is 12.4 Å². The molecule has 196 valence electrons. The molecule has 1 aromatic carbocycles. The molecule has 0 radical (unpaired) electrons. The standard InChI is InChI=1S/C27H34FN7O2/c1-18(2)35-9-5-3-4-6-23(36)33-10-12-34(13-11-33)26-24-21(27(37)32-25(24)30-17-31-26)15-29-20-7-8-22(28)19(14-20)16-35/h7-8,14-15,17-18,37H,3-6,9-13,16H2,1-2H3,(H,30,31,32). The van der Waals surface area contributed by atoms with Gasteiger partial charge in [-0.1, -0.05) is 6.42 Å². The summed E-state index contributed by atoms with van der Waals surface area (Å²) in [5.41, 5.74) is 2.18. The number of nitrogens with zero attached hydrogens (tertiary/aromatic N) is 6. The summed E-state index contributed by atoms with van der Waals surface area (Å²) in [5, 5.41) is 11.3. The van der Waals surface area contributed by atoms with Crippen molar-refractivity contribution < 1.29 is 14.3 Å². The third-order valence-electron chi connectivity index (χ3n) is 7.33. The fourth-order valence-electron chi connectivity index (χ4n) is 5.12. The van der Waals surface area contributed by atoms with Crippen molar-refractivity contribution in [1.82, 2.24) is 24.8 Å². The number of hydrogen-bond acceptors (Lipinski definition) is 7. The number of aromatic hydroxyl groups is 1. The molecule has 1 fully saturated rings. The zero-order valence-electron chi connectivity index (χ0n) is 21.5. The molecule has 5 heterocycles. The first-order chi connectivity index (χ1) is 17.9. The van der Waals surface area contributed by atoms with Crippen LogP contribution in [0.1, 0.15) is 50.7 Å². The molecular formula is C27H34FN7O2. The highest BCUT2D eigenvalue weighted by Gasteiger charge is 2.25. The lowest BCUT2D eigenvalue weighted by Crippen LogP contribution is -2.49. The molecule has 2 N–H and O–H groups in total. The fourth-order valence-corrected chi connectivity index (χ4v) is 5.12. The van der Waals surface area contributed by atoms with Crippen LogP contribution < -0.4 is 4.90 Å². The normalized spacial score (nSPS) is 18.2. The zero-order chi connectivity index (χ0) is 25.9. The topological polar surface area (TPSA) is 101 Å². The van der Waals surface area contributed by atoms with Crippen molar-refractivity contribution in [2.75, 3.05) is 37.6 Å². The second-order valence-electron chi connectivity index (χ2n) is 10.1. The van der Waals surface area contributed by atoms with Crippen LogP contribution in [0.15, 0.2) is 29.5 Å². The molecule has 2 aromatic heterocycles. The van der Waals surface area contributed by atoms with E-state index in [1.54, 1.807) is 18.3 Å². The van der Waals surface area contributed by atoms with Crippen molar-refractivity contribution in [3.8, 4) is 5.88 Å². The number of rotatable bonds is 1. The van der Waals surface area contributed by atoms with Crippen LogP contribution >= 0.6 is 0 Å². The Morgan fingerprint density at radius 2 is 1.81 bits per heavy atom. The Morgan fingerprint density at radius 1 is 1.03 bits per heavy atom. The number of carbonyl (C=O) groups excluding carboxylic acids is 1. The number of carbonyl (C=O) groups is 1. The summed E-state index contributed by atoms with van der Waals surface area (Å²) in [4.78, 5) is 35.4. The minimum absolute atomic E-state index is 0.0511. The Labute approximate surface area is 216 Å². The molecule has 4 bridgehead atoms. The van der Waals surface area contributed by atoms with Gasteiger partial charge in [-0.05, 0) is 51.4 Å². The third kappa shape index (κ3) is 5.44. The van der Waals surface area contributed by atoms with E-state index in [0.717, 1.165) is 25.8 Å². The van der Waals surface area contributed by atoms with Crippen LogP contribution in [0, 0.1) is 5.82 Å². The monoisotopic (exact) mass is 507 g/mol. The van der Waals surface area contributed by atoms with E-state index >= 15 is 0 Å². The van der Waals surface area contributed by atoms with Gasteiger partial charge in [-0.25, -0.2) is 14.4 Å². The summed E-state index contributed by atoms with van der Waals surface area (Å²) in [7, 11) is 0. The van der Waals surface area contributed by atoms with Gasteiger partial charge < -0.3 is 19.9 Å². The number of nitrogens with one attached hydrogen (secondary N) is 1. The Balaban J connectivity index is 1.53. The molecule has 3 aliphatic heterocycles. The van der Waals surface area contributed by atoms with Crippen LogP contribution in [0.2, 0.25) is 0 Å². The van der Waals surface area contributed by atoms with Gasteiger partial charge in [-0.3, -0.25) is 14.7 Å². The predicted octanol–water partition coefficient (Wildman–Crippen LogP) is 3.99. The maximum absolute atomic E-state index is 14.8. The van der Waals surface area contributed by atoms with Crippen LogP contribution in [-0.4, -0.2) is 80.7 Å². The Hall–Kier alpha value is -3.53. The summed E-state index contributed by atoms with van der Waals surface area (Å²) in [6.45, 7) is 8.08. The summed E-state index contributed by atoms with van der Waals surface area (Å²) in [6.07, 6.45) is 6.36. The number of hydrogen-bond donors (Lipinski definition) is 2. The van der Waals surface area contributed by atoms with Crippen LogP contribution in [0.25, 0.3) is 11.0 Å². The summed E-state index contributed by atoms with van der Waals surface area (Å²) in [6, 6.07) is 5.10. The number of amides is 1. The lowest BCUT2D eigenvalue weighted by atomic mass is 10.1. The first-order valence-corrected chi connectivity index (χ1v) is 13.1. The fraction of sp³-hybridized carbons (Fsp3) is 0.481. The highest BCUT2D eigenvalue weighted by Crippen LogP contribution is 2.32. The van der Waals surface area contributed by atoms with E-state index in [9.17, 15) is 14.3 Å². The van der Waals surface area contributed by atoms with E-state index in [-0.39, 0.29) is 23.6 Å². The first kappa shape index (κ1) is 25.1. The molecule has 0 aliphatic carbocycles. The molecule has 0 unspecified atom stereocenters. The minimum atomic E-state index is -0.263. The van der Waals surface area contributed by atoms with Gasteiger partial charge in [0.2, 0.25) is 5.91 Å². The molecule has 1 amide bonds. The van der Waals surface area contributed by atoms with Gasteiger partial charge in [0.05, 0.1) is 16.6 Å². The van der Waals surface area contributed by atoms with Crippen LogP contribution in [-0.2, 0) is 11.3 Å². The van der Waals surface area contributed by atoms with Gasteiger partial charge in [0, 0.05) is 57.0 Å². The Morgan fingerprint density at radius 3 is 2.59 bits per heavy atom. The minimum Gasteiger partial charge on any atom is -0.494 e.